The lowest BCUT2D eigenvalue weighted by Crippen LogP contribution is -2.39. The van der Waals surface area contributed by atoms with E-state index in [0.29, 0.717) is 34.4 Å². The molecule has 1 aliphatic rings. The number of hydrogen-bond donors (Lipinski definition) is 0. The summed E-state index contributed by atoms with van der Waals surface area (Å²) < 4.78 is 59.1. The molecule has 0 N–H and O–H groups in total. The van der Waals surface area contributed by atoms with Crippen molar-refractivity contribution >= 4 is 29.1 Å². The van der Waals surface area contributed by atoms with E-state index in [2.05, 4.69) is 20.8 Å². The van der Waals surface area contributed by atoms with Gasteiger partial charge in [-0.1, -0.05) is 68.2 Å². The Morgan fingerprint density at radius 3 is 2.24 bits per heavy atom. The Bertz CT molecular complexity index is 1390. The molecule has 0 aliphatic carbocycles. The first-order valence-corrected chi connectivity index (χ1v) is 13.9. The number of benzene rings is 3. The predicted molar refractivity (Wildman–Crippen MR) is 153 cm³/mol. The number of likely N-dealkylation sites (tertiary alicyclic amines) is 1. The number of halogens is 6. The van der Waals surface area contributed by atoms with Gasteiger partial charge < -0.3 is 9.64 Å². The van der Waals surface area contributed by atoms with Crippen molar-refractivity contribution in [3.05, 3.63) is 98.8 Å². The quantitative estimate of drug-likeness (QED) is 0.254. The summed E-state index contributed by atoms with van der Waals surface area (Å²) in [6.07, 6.45) is -4.77. The summed E-state index contributed by atoms with van der Waals surface area (Å²) in [6.45, 7) is 7.09. The minimum absolute atomic E-state index is 0.00332. The molecule has 0 spiro atoms. The van der Waals surface area contributed by atoms with E-state index >= 15 is 0 Å². The van der Waals surface area contributed by atoms with Crippen molar-refractivity contribution in [3.8, 4) is 5.75 Å². The molecule has 10 heteroatoms. The maximum Gasteiger partial charge on any atom is 0.419 e. The van der Waals surface area contributed by atoms with E-state index in [1.54, 1.807) is 24.1 Å². The molecule has 4 nitrogen and oxygen atoms in total. The molecular weight excluding hydrogens is 579 g/mol. The summed E-state index contributed by atoms with van der Waals surface area (Å²) in [5.41, 5.74) is 1.10. The van der Waals surface area contributed by atoms with Gasteiger partial charge in [0, 0.05) is 31.6 Å². The van der Waals surface area contributed by atoms with Gasteiger partial charge in [0.25, 0.3) is 5.91 Å². The fourth-order valence-electron chi connectivity index (χ4n) is 5.09. The van der Waals surface area contributed by atoms with Crippen LogP contribution in [0.2, 0.25) is 10.0 Å². The van der Waals surface area contributed by atoms with Crippen LogP contribution < -0.4 is 4.74 Å². The van der Waals surface area contributed by atoms with Crippen molar-refractivity contribution in [2.75, 3.05) is 26.7 Å². The zero-order chi connectivity index (χ0) is 30.1. The molecule has 0 saturated carbocycles. The van der Waals surface area contributed by atoms with Crippen molar-refractivity contribution in [2.24, 2.45) is 0 Å². The number of ether oxygens (including phenoxy) is 1. The fraction of sp³-hybridized carbons (Fsp3) is 0.387. The zero-order valence-electron chi connectivity index (χ0n) is 23.2. The van der Waals surface area contributed by atoms with E-state index in [1.807, 2.05) is 35.2 Å². The summed E-state index contributed by atoms with van der Waals surface area (Å²) >= 11 is 12.4. The van der Waals surface area contributed by atoms with Crippen LogP contribution in [0.5, 0.6) is 5.75 Å². The number of hydrogen-bond acceptors (Lipinski definition) is 3. The third-order valence-corrected chi connectivity index (χ3v) is 8.17. The van der Waals surface area contributed by atoms with E-state index in [1.165, 1.54) is 6.07 Å². The SMILES string of the molecule is CN(Cc1ccc(C(F)(F)F)c(F)c1)C1CN(C(=O)COc2ccc(C(C)(C)C)cc2)CC1c1ccc(Cl)c(Cl)c1. The Labute approximate surface area is 247 Å². The first-order valence-electron chi connectivity index (χ1n) is 13.2. The minimum Gasteiger partial charge on any atom is -0.484 e. The molecule has 2 atom stereocenters. The maximum atomic E-state index is 14.2. The van der Waals surface area contributed by atoms with Crippen molar-refractivity contribution in [1.82, 2.24) is 9.80 Å². The van der Waals surface area contributed by atoms with E-state index in [0.717, 1.165) is 23.3 Å². The number of carbonyl (C=O) groups is 1. The zero-order valence-corrected chi connectivity index (χ0v) is 24.7. The maximum absolute atomic E-state index is 14.2. The molecule has 1 heterocycles. The van der Waals surface area contributed by atoms with Crippen molar-refractivity contribution in [2.45, 2.75) is 50.9 Å². The lowest BCUT2D eigenvalue weighted by molar-refractivity contribution is -0.140. The van der Waals surface area contributed by atoms with Crippen LogP contribution in [0.4, 0.5) is 17.6 Å². The Balaban J connectivity index is 1.50. The molecule has 2 unspecified atom stereocenters. The van der Waals surface area contributed by atoms with E-state index in [4.69, 9.17) is 27.9 Å². The second-order valence-corrected chi connectivity index (χ2v) is 12.3. The lowest BCUT2D eigenvalue weighted by atomic mass is 9.87. The largest absolute Gasteiger partial charge is 0.484 e. The Morgan fingerprint density at radius 1 is 0.976 bits per heavy atom. The standard InChI is InChI=1S/C31H32Cl2F4N2O2/c1-30(2,3)21-7-9-22(10-8-21)41-18-29(40)39-16-23(20-6-12-25(32)26(33)14-20)28(17-39)38(4)15-19-5-11-24(27(34)13-19)31(35,36)37/h5-14,23,28H,15-18H2,1-4H3. The van der Waals surface area contributed by atoms with Crippen molar-refractivity contribution < 1.29 is 27.1 Å². The van der Waals surface area contributed by atoms with Gasteiger partial charge >= 0.3 is 6.18 Å². The van der Waals surface area contributed by atoms with E-state index in [-0.39, 0.29) is 36.4 Å². The third kappa shape index (κ3) is 7.53. The highest BCUT2D eigenvalue weighted by molar-refractivity contribution is 6.42. The molecule has 4 rings (SSSR count). The summed E-state index contributed by atoms with van der Waals surface area (Å²) in [6, 6.07) is 15.6. The van der Waals surface area contributed by atoms with Crippen molar-refractivity contribution in [1.29, 1.82) is 0 Å². The Morgan fingerprint density at radius 2 is 1.66 bits per heavy atom. The molecule has 0 aromatic heterocycles. The topological polar surface area (TPSA) is 32.8 Å². The van der Waals surface area contributed by atoms with Crippen LogP contribution >= 0.6 is 23.2 Å². The van der Waals surface area contributed by atoms with Gasteiger partial charge in [-0.2, -0.15) is 13.2 Å². The summed E-state index contributed by atoms with van der Waals surface area (Å²) in [5, 5.41) is 0.777. The molecule has 220 valence electrons. The van der Waals surface area contributed by atoms with Crippen LogP contribution in [-0.4, -0.2) is 48.5 Å². The van der Waals surface area contributed by atoms with Gasteiger partial charge in [0.15, 0.2) is 6.61 Å². The van der Waals surface area contributed by atoms with E-state index in [9.17, 15) is 22.4 Å². The highest BCUT2D eigenvalue weighted by Crippen LogP contribution is 2.36. The normalized spacial score (nSPS) is 17.8. The summed E-state index contributed by atoms with van der Waals surface area (Å²) in [5.74, 6) is -1.11. The first-order chi connectivity index (χ1) is 19.1. The first kappa shape index (κ1) is 31.1. The number of rotatable bonds is 7. The molecule has 0 bridgehead atoms. The van der Waals surface area contributed by atoms with Crippen molar-refractivity contribution in [3.63, 3.8) is 0 Å². The molecule has 1 amide bonds. The van der Waals surface area contributed by atoms with E-state index < -0.39 is 17.6 Å². The van der Waals surface area contributed by atoms with Gasteiger partial charge in [0.1, 0.15) is 11.6 Å². The molecule has 3 aromatic rings. The van der Waals surface area contributed by atoms with Gasteiger partial charge in [-0.25, -0.2) is 4.39 Å². The number of nitrogens with zero attached hydrogens (tertiary/aromatic N) is 2. The highest BCUT2D eigenvalue weighted by atomic mass is 35.5. The second-order valence-electron chi connectivity index (χ2n) is 11.4. The number of amides is 1. The van der Waals surface area contributed by atoms with Crippen LogP contribution in [0.15, 0.2) is 60.7 Å². The van der Waals surface area contributed by atoms with Crippen LogP contribution in [0.25, 0.3) is 0 Å². The number of likely N-dealkylation sites (N-methyl/N-ethyl adjacent to an activating group) is 1. The minimum atomic E-state index is -4.77. The van der Waals surface area contributed by atoms with Gasteiger partial charge in [-0.15, -0.1) is 0 Å². The van der Waals surface area contributed by atoms with Gasteiger partial charge in [-0.3, -0.25) is 9.69 Å². The third-order valence-electron chi connectivity index (χ3n) is 7.43. The van der Waals surface area contributed by atoms with Crippen LogP contribution in [0.1, 0.15) is 48.9 Å². The van der Waals surface area contributed by atoms with Crippen LogP contribution in [0, 0.1) is 5.82 Å². The molecular formula is C31H32Cl2F4N2O2. The highest BCUT2D eigenvalue weighted by Gasteiger charge is 2.39. The van der Waals surface area contributed by atoms with Gasteiger partial charge in [-0.05, 0) is 65.6 Å². The molecule has 0 radical (unpaired) electrons. The van der Waals surface area contributed by atoms with Crippen LogP contribution in [-0.2, 0) is 22.9 Å². The smallest absolute Gasteiger partial charge is 0.419 e. The molecule has 1 fully saturated rings. The predicted octanol–water partition coefficient (Wildman–Crippen LogP) is 7.95. The lowest BCUT2D eigenvalue weighted by Gasteiger charge is -2.29. The van der Waals surface area contributed by atoms with Crippen LogP contribution in [0.3, 0.4) is 0 Å². The number of carbonyl (C=O) groups excluding carboxylic acids is 1. The van der Waals surface area contributed by atoms with Gasteiger partial charge in [0.05, 0.1) is 15.6 Å². The fourth-order valence-corrected chi connectivity index (χ4v) is 5.39. The Kier molecular flexibility index (Phi) is 9.26. The molecule has 41 heavy (non-hydrogen) atoms. The Hall–Kier alpha value is -2.81. The average Bonchev–Trinajstić information content (AvgIpc) is 3.34. The molecule has 1 saturated heterocycles. The molecule has 1 aliphatic heterocycles. The average molecular weight is 612 g/mol. The molecule has 3 aromatic carbocycles. The summed E-state index contributed by atoms with van der Waals surface area (Å²) in [7, 11) is 1.80. The monoisotopic (exact) mass is 610 g/mol. The second kappa shape index (κ2) is 12.2. The number of alkyl halides is 3. The summed E-state index contributed by atoms with van der Waals surface area (Å²) in [4.78, 5) is 16.8. The van der Waals surface area contributed by atoms with Gasteiger partial charge in [0.2, 0.25) is 0 Å².